The molecule has 0 saturated heterocycles. The van der Waals surface area contributed by atoms with Crippen LogP contribution in [0.3, 0.4) is 0 Å². The molecule has 0 rings (SSSR count). The zero-order valence-corrected chi connectivity index (χ0v) is 9.75. The summed E-state index contributed by atoms with van der Waals surface area (Å²) in [6.45, 7) is 5.50. The van der Waals surface area contributed by atoms with Crippen molar-refractivity contribution in [1.82, 2.24) is 5.32 Å². The van der Waals surface area contributed by atoms with E-state index in [-0.39, 0.29) is 11.8 Å². The van der Waals surface area contributed by atoms with Crippen molar-refractivity contribution in [2.24, 2.45) is 5.92 Å². The zero-order valence-electron chi connectivity index (χ0n) is 9.75. The molecule has 4 nitrogen and oxygen atoms in total. The normalized spacial score (nSPS) is 14.3. The Hall–Kier alpha value is -1.06. The maximum atomic E-state index is 11.6. The molecule has 0 saturated carbocycles. The number of unbranched alkanes of at least 4 members (excludes halogenated alkanes) is 1. The van der Waals surface area contributed by atoms with Crippen LogP contribution in [-0.2, 0) is 9.59 Å². The van der Waals surface area contributed by atoms with Crippen molar-refractivity contribution < 1.29 is 14.7 Å². The van der Waals surface area contributed by atoms with Crippen LogP contribution in [0.1, 0.15) is 46.5 Å². The van der Waals surface area contributed by atoms with Crippen LogP contribution in [0, 0.1) is 5.92 Å². The number of carboxylic acid groups (broad SMARTS) is 1. The van der Waals surface area contributed by atoms with Crippen LogP contribution in [-0.4, -0.2) is 23.0 Å². The summed E-state index contributed by atoms with van der Waals surface area (Å²) in [6, 6.07) is -0.798. The van der Waals surface area contributed by atoms with Gasteiger partial charge in [-0.1, -0.05) is 26.7 Å². The molecule has 0 fully saturated rings. The lowest BCUT2D eigenvalue weighted by Gasteiger charge is -2.16. The number of hydrogen-bond donors (Lipinski definition) is 2. The Bertz CT molecular complexity index is 216. The molecule has 0 radical (unpaired) electrons. The fourth-order valence-corrected chi connectivity index (χ4v) is 1.36. The minimum atomic E-state index is -0.992. The van der Waals surface area contributed by atoms with Crippen LogP contribution in [0.15, 0.2) is 0 Å². The van der Waals surface area contributed by atoms with E-state index in [2.05, 4.69) is 12.2 Å². The second kappa shape index (κ2) is 7.26. The lowest BCUT2D eigenvalue weighted by atomic mass is 9.98. The molecule has 2 atom stereocenters. The smallest absolute Gasteiger partial charge is 0.325 e. The fraction of sp³-hybridized carbons (Fsp3) is 0.818. The van der Waals surface area contributed by atoms with E-state index in [1.807, 2.05) is 6.92 Å². The Labute approximate surface area is 91.1 Å². The van der Waals surface area contributed by atoms with Gasteiger partial charge in [-0.05, 0) is 19.8 Å². The van der Waals surface area contributed by atoms with Crippen molar-refractivity contribution in [3.05, 3.63) is 0 Å². The van der Waals surface area contributed by atoms with Gasteiger partial charge >= 0.3 is 5.97 Å². The first-order valence-electron chi connectivity index (χ1n) is 5.56. The largest absolute Gasteiger partial charge is 0.480 e. The maximum absolute atomic E-state index is 11.6. The number of carboxylic acids is 1. The Kier molecular flexibility index (Phi) is 6.75. The number of nitrogens with one attached hydrogen (secondary N) is 1. The fourth-order valence-electron chi connectivity index (χ4n) is 1.36. The molecule has 0 aliphatic carbocycles. The number of aliphatic carboxylic acids is 1. The third kappa shape index (κ3) is 5.40. The lowest BCUT2D eigenvalue weighted by molar-refractivity contribution is -0.142. The second-order valence-electron chi connectivity index (χ2n) is 3.82. The third-order valence-corrected chi connectivity index (χ3v) is 2.50. The average molecular weight is 215 g/mol. The average Bonchev–Trinajstić information content (AvgIpc) is 2.18. The number of rotatable bonds is 7. The third-order valence-electron chi connectivity index (χ3n) is 2.50. The highest BCUT2D eigenvalue weighted by Crippen LogP contribution is 2.12. The molecular weight excluding hydrogens is 194 g/mol. The molecule has 0 aliphatic rings. The molecule has 88 valence electrons. The summed E-state index contributed by atoms with van der Waals surface area (Å²) in [4.78, 5) is 22.2. The first kappa shape index (κ1) is 13.9. The van der Waals surface area contributed by atoms with E-state index in [9.17, 15) is 9.59 Å². The van der Waals surface area contributed by atoms with E-state index in [4.69, 9.17) is 5.11 Å². The summed E-state index contributed by atoms with van der Waals surface area (Å²) < 4.78 is 0. The van der Waals surface area contributed by atoms with Gasteiger partial charge in [0.25, 0.3) is 0 Å². The molecule has 0 aromatic heterocycles. The predicted molar refractivity (Wildman–Crippen MR) is 58.5 cm³/mol. The topological polar surface area (TPSA) is 66.4 Å². The Morgan fingerprint density at radius 3 is 2.33 bits per heavy atom. The number of hydrogen-bond acceptors (Lipinski definition) is 2. The molecule has 1 unspecified atom stereocenters. The summed E-state index contributed by atoms with van der Waals surface area (Å²) in [7, 11) is 0. The van der Waals surface area contributed by atoms with Gasteiger partial charge < -0.3 is 10.4 Å². The highest BCUT2D eigenvalue weighted by Gasteiger charge is 2.20. The molecule has 2 N–H and O–H groups in total. The van der Waals surface area contributed by atoms with Gasteiger partial charge in [0.2, 0.25) is 5.91 Å². The number of amides is 1. The highest BCUT2D eigenvalue weighted by atomic mass is 16.4. The summed E-state index contributed by atoms with van der Waals surface area (Å²) >= 11 is 0. The Balaban J connectivity index is 4.09. The summed E-state index contributed by atoms with van der Waals surface area (Å²) in [5.74, 6) is -1.18. The minimum absolute atomic E-state index is 0.0493. The standard InChI is InChI=1S/C11H21NO3/c1-4-6-7-9(5-2)10(13)12-8(3)11(14)15/h8-9H,4-7H2,1-3H3,(H,12,13)(H,14,15)/t8-,9?/m0/s1. The van der Waals surface area contributed by atoms with Gasteiger partial charge in [0.1, 0.15) is 6.04 Å². The maximum Gasteiger partial charge on any atom is 0.325 e. The highest BCUT2D eigenvalue weighted by molar-refractivity contribution is 5.84. The van der Waals surface area contributed by atoms with Crippen molar-refractivity contribution in [2.75, 3.05) is 0 Å². The second-order valence-corrected chi connectivity index (χ2v) is 3.82. The van der Waals surface area contributed by atoms with Crippen molar-refractivity contribution >= 4 is 11.9 Å². The van der Waals surface area contributed by atoms with Crippen molar-refractivity contribution in [2.45, 2.75) is 52.5 Å². The van der Waals surface area contributed by atoms with Gasteiger partial charge in [-0.3, -0.25) is 9.59 Å². The summed E-state index contributed by atoms with van der Waals surface area (Å²) in [5.41, 5.74) is 0. The minimum Gasteiger partial charge on any atom is -0.480 e. The molecule has 4 heteroatoms. The molecule has 0 heterocycles. The number of carbonyl (C=O) groups excluding carboxylic acids is 1. The van der Waals surface area contributed by atoms with Crippen LogP contribution < -0.4 is 5.32 Å². The van der Waals surface area contributed by atoms with Gasteiger partial charge in [0, 0.05) is 5.92 Å². The van der Waals surface area contributed by atoms with E-state index in [1.54, 1.807) is 0 Å². The van der Waals surface area contributed by atoms with E-state index in [1.165, 1.54) is 6.92 Å². The van der Waals surface area contributed by atoms with Crippen LogP contribution in [0.4, 0.5) is 0 Å². The molecule has 0 bridgehead atoms. The van der Waals surface area contributed by atoms with Crippen molar-refractivity contribution in [1.29, 1.82) is 0 Å². The van der Waals surface area contributed by atoms with E-state index in [0.29, 0.717) is 0 Å². The van der Waals surface area contributed by atoms with Gasteiger partial charge in [-0.25, -0.2) is 0 Å². The predicted octanol–water partition coefficient (Wildman–Crippen LogP) is 1.79. The molecular formula is C11H21NO3. The van der Waals surface area contributed by atoms with E-state index >= 15 is 0 Å². The molecule has 0 aromatic rings. The molecule has 15 heavy (non-hydrogen) atoms. The van der Waals surface area contributed by atoms with E-state index in [0.717, 1.165) is 25.7 Å². The first-order valence-corrected chi connectivity index (χ1v) is 5.56. The quantitative estimate of drug-likeness (QED) is 0.680. The Morgan fingerprint density at radius 2 is 1.93 bits per heavy atom. The summed E-state index contributed by atoms with van der Waals surface area (Å²) in [6.07, 6.45) is 3.66. The SMILES string of the molecule is CCCCC(CC)C(=O)N[C@@H](C)C(=O)O. The van der Waals surface area contributed by atoms with Crippen LogP contribution in [0.2, 0.25) is 0 Å². The van der Waals surface area contributed by atoms with Gasteiger partial charge in [-0.15, -0.1) is 0 Å². The van der Waals surface area contributed by atoms with Crippen molar-refractivity contribution in [3.8, 4) is 0 Å². The lowest BCUT2D eigenvalue weighted by Crippen LogP contribution is -2.41. The Morgan fingerprint density at radius 1 is 1.33 bits per heavy atom. The monoisotopic (exact) mass is 215 g/mol. The molecule has 0 spiro atoms. The van der Waals surface area contributed by atoms with Crippen molar-refractivity contribution in [3.63, 3.8) is 0 Å². The van der Waals surface area contributed by atoms with Crippen LogP contribution in [0.5, 0.6) is 0 Å². The molecule has 0 aromatic carbocycles. The van der Waals surface area contributed by atoms with Crippen LogP contribution >= 0.6 is 0 Å². The zero-order chi connectivity index (χ0) is 11.8. The van der Waals surface area contributed by atoms with Crippen LogP contribution in [0.25, 0.3) is 0 Å². The van der Waals surface area contributed by atoms with Gasteiger partial charge in [0.15, 0.2) is 0 Å². The molecule has 1 amide bonds. The summed E-state index contributed by atoms with van der Waals surface area (Å²) in [5, 5.41) is 11.1. The van der Waals surface area contributed by atoms with Gasteiger partial charge in [0.05, 0.1) is 0 Å². The number of carbonyl (C=O) groups is 2. The molecule has 0 aliphatic heterocycles. The van der Waals surface area contributed by atoms with E-state index < -0.39 is 12.0 Å². The van der Waals surface area contributed by atoms with Gasteiger partial charge in [-0.2, -0.15) is 0 Å². The first-order chi connectivity index (χ1) is 7.02.